The molecule has 0 aliphatic carbocycles. The Morgan fingerprint density at radius 2 is 2.16 bits per heavy atom. The normalized spacial score (nSPS) is 17.6. The molecule has 1 aliphatic rings. The predicted octanol–water partition coefficient (Wildman–Crippen LogP) is 2.92. The van der Waals surface area contributed by atoms with Gasteiger partial charge in [-0.2, -0.15) is 0 Å². The second-order valence-corrected chi connectivity index (χ2v) is 6.98. The summed E-state index contributed by atoms with van der Waals surface area (Å²) in [6.45, 7) is 3.19. The Balaban J connectivity index is 1.50. The maximum atomic E-state index is 12.5. The quantitative estimate of drug-likeness (QED) is 0.718. The molecule has 0 aromatic carbocycles. The van der Waals surface area contributed by atoms with Gasteiger partial charge in [0.1, 0.15) is 5.82 Å². The third kappa shape index (κ3) is 3.30. The van der Waals surface area contributed by atoms with Crippen molar-refractivity contribution in [3.8, 4) is 11.5 Å². The van der Waals surface area contributed by atoms with Gasteiger partial charge in [0.05, 0.1) is 16.4 Å². The van der Waals surface area contributed by atoms with Crippen molar-refractivity contribution in [2.45, 2.75) is 25.7 Å². The zero-order valence-corrected chi connectivity index (χ0v) is 14.6. The van der Waals surface area contributed by atoms with Gasteiger partial charge >= 0.3 is 0 Å². The van der Waals surface area contributed by atoms with Gasteiger partial charge in [0, 0.05) is 25.5 Å². The van der Waals surface area contributed by atoms with Crippen LogP contribution >= 0.6 is 11.3 Å². The molecule has 1 aliphatic heterocycles. The van der Waals surface area contributed by atoms with E-state index in [1.165, 1.54) is 11.3 Å². The van der Waals surface area contributed by atoms with Crippen LogP contribution in [0.1, 0.15) is 40.1 Å². The molecular formula is C17H17N5O2S. The fourth-order valence-electron chi connectivity index (χ4n) is 2.94. The fourth-order valence-corrected chi connectivity index (χ4v) is 3.63. The van der Waals surface area contributed by atoms with Crippen molar-refractivity contribution in [3.63, 3.8) is 0 Å². The second-order valence-electron chi connectivity index (χ2n) is 6.03. The smallest absolute Gasteiger partial charge is 0.263 e. The lowest BCUT2D eigenvalue weighted by Gasteiger charge is -2.30. The number of hydrogen-bond acceptors (Lipinski definition) is 7. The molecule has 128 valence electrons. The van der Waals surface area contributed by atoms with Crippen LogP contribution in [-0.2, 0) is 0 Å². The van der Waals surface area contributed by atoms with Crippen molar-refractivity contribution in [1.29, 1.82) is 0 Å². The minimum atomic E-state index is 0.0604. The highest BCUT2D eigenvalue weighted by Gasteiger charge is 2.29. The minimum Gasteiger partial charge on any atom is -0.420 e. The molecule has 0 N–H and O–H groups in total. The molecule has 0 bridgehead atoms. The predicted molar refractivity (Wildman–Crippen MR) is 92.3 cm³/mol. The highest BCUT2D eigenvalue weighted by molar-refractivity contribution is 7.12. The van der Waals surface area contributed by atoms with Gasteiger partial charge in [-0.25, -0.2) is 9.97 Å². The number of rotatable bonds is 3. The number of amides is 1. The summed E-state index contributed by atoms with van der Waals surface area (Å²) in [5.41, 5.74) is 0.701. The van der Waals surface area contributed by atoms with Crippen LogP contribution in [0.15, 0.2) is 34.3 Å². The summed E-state index contributed by atoms with van der Waals surface area (Å²) in [5.74, 6) is 1.81. The number of hydrogen-bond donors (Lipinski definition) is 0. The van der Waals surface area contributed by atoms with Crippen LogP contribution in [0.25, 0.3) is 11.5 Å². The average molecular weight is 355 g/mol. The number of piperidine rings is 1. The summed E-state index contributed by atoms with van der Waals surface area (Å²) >= 11 is 1.47. The molecular weight excluding hydrogens is 338 g/mol. The van der Waals surface area contributed by atoms with Crippen molar-refractivity contribution in [1.82, 2.24) is 25.1 Å². The van der Waals surface area contributed by atoms with Gasteiger partial charge in [-0.15, -0.1) is 21.5 Å². The number of carbonyl (C=O) groups is 1. The molecule has 25 heavy (non-hydrogen) atoms. The lowest BCUT2D eigenvalue weighted by molar-refractivity contribution is 0.0703. The Hall–Kier alpha value is -2.61. The molecule has 4 rings (SSSR count). The zero-order valence-electron chi connectivity index (χ0n) is 13.8. The summed E-state index contributed by atoms with van der Waals surface area (Å²) in [7, 11) is 0. The van der Waals surface area contributed by atoms with Crippen molar-refractivity contribution in [3.05, 3.63) is 46.5 Å². The molecule has 0 unspecified atom stereocenters. The van der Waals surface area contributed by atoms with E-state index in [1.807, 2.05) is 29.3 Å². The monoisotopic (exact) mass is 355 g/mol. The summed E-state index contributed by atoms with van der Waals surface area (Å²) in [6, 6.07) is 3.76. The van der Waals surface area contributed by atoms with Gasteiger partial charge < -0.3 is 9.32 Å². The first-order valence-electron chi connectivity index (χ1n) is 8.16. The molecule has 1 saturated heterocycles. The van der Waals surface area contributed by atoms with E-state index in [2.05, 4.69) is 20.2 Å². The number of likely N-dealkylation sites (tertiary alicyclic amines) is 1. The van der Waals surface area contributed by atoms with Crippen LogP contribution in [0.5, 0.6) is 0 Å². The van der Waals surface area contributed by atoms with Crippen molar-refractivity contribution in [2.24, 2.45) is 0 Å². The summed E-state index contributed by atoms with van der Waals surface area (Å²) in [5, 5.41) is 10.2. The molecule has 0 saturated carbocycles. The van der Waals surface area contributed by atoms with Crippen LogP contribution < -0.4 is 0 Å². The first kappa shape index (κ1) is 15.9. The van der Waals surface area contributed by atoms with Crippen molar-refractivity contribution >= 4 is 17.2 Å². The van der Waals surface area contributed by atoms with Gasteiger partial charge in [0.25, 0.3) is 11.8 Å². The van der Waals surface area contributed by atoms with Gasteiger partial charge in [0.2, 0.25) is 5.89 Å². The molecule has 4 heterocycles. The number of thiophene rings is 1. The molecule has 3 aromatic heterocycles. The van der Waals surface area contributed by atoms with Crippen LogP contribution in [-0.4, -0.2) is 44.1 Å². The molecule has 1 fully saturated rings. The SMILES string of the molecule is Cc1ncc(-c2nnc([C@@H]3CCCN(C(=O)c4cccs4)C3)o2)cn1. The number of carbonyl (C=O) groups excluding carboxylic acids is 1. The standard InChI is InChI=1S/C17H17N5O2S/c1-11-18-8-13(9-19-11)16-21-20-15(24-16)12-4-2-6-22(10-12)17(23)14-5-3-7-25-14/h3,5,7-9,12H,2,4,6,10H2,1H3/t12-/m1/s1. The van der Waals surface area contributed by atoms with E-state index in [0.717, 1.165) is 24.3 Å². The van der Waals surface area contributed by atoms with Crippen molar-refractivity contribution < 1.29 is 9.21 Å². The topological polar surface area (TPSA) is 85.0 Å². The number of aromatic nitrogens is 4. The summed E-state index contributed by atoms with van der Waals surface area (Å²) < 4.78 is 5.83. The van der Waals surface area contributed by atoms with Gasteiger partial charge in [0.15, 0.2) is 0 Å². The lowest BCUT2D eigenvalue weighted by atomic mass is 9.98. The Labute approximate surface area is 148 Å². The number of aryl methyl sites for hydroxylation is 1. The second kappa shape index (κ2) is 6.72. The van der Waals surface area contributed by atoms with E-state index >= 15 is 0 Å². The van der Waals surface area contributed by atoms with Gasteiger partial charge in [-0.3, -0.25) is 4.79 Å². The molecule has 0 spiro atoms. The third-order valence-electron chi connectivity index (χ3n) is 4.26. The first-order chi connectivity index (χ1) is 12.2. The van der Waals surface area contributed by atoms with Crippen LogP contribution in [0.2, 0.25) is 0 Å². The molecule has 0 radical (unpaired) electrons. The van der Waals surface area contributed by atoms with Crippen LogP contribution in [0.3, 0.4) is 0 Å². The number of nitrogens with zero attached hydrogens (tertiary/aromatic N) is 5. The van der Waals surface area contributed by atoms with Crippen LogP contribution in [0, 0.1) is 6.92 Å². The Morgan fingerprint density at radius 3 is 2.92 bits per heavy atom. The first-order valence-corrected chi connectivity index (χ1v) is 9.04. The van der Waals surface area contributed by atoms with Gasteiger partial charge in [-0.1, -0.05) is 6.07 Å². The molecule has 1 amide bonds. The Morgan fingerprint density at radius 1 is 1.32 bits per heavy atom. The van der Waals surface area contributed by atoms with E-state index < -0.39 is 0 Å². The lowest BCUT2D eigenvalue weighted by Crippen LogP contribution is -2.38. The highest BCUT2D eigenvalue weighted by atomic mass is 32.1. The van der Waals surface area contributed by atoms with E-state index in [9.17, 15) is 4.79 Å². The largest absolute Gasteiger partial charge is 0.420 e. The Kier molecular flexibility index (Phi) is 4.27. The van der Waals surface area contributed by atoms with E-state index in [1.54, 1.807) is 12.4 Å². The highest BCUT2D eigenvalue weighted by Crippen LogP contribution is 2.29. The minimum absolute atomic E-state index is 0.0604. The van der Waals surface area contributed by atoms with E-state index in [-0.39, 0.29) is 11.8 Å². The molecule has 3 aromatic rings. The van der Waals surface area contributed by atoms with Gasteiger partial charge in [-0.05, 0) is 31.2 Å². The maximum absolute atomic E-state index is 12.5. The molecule has 7 nitrogen and oxygen atoms in total. The third-order valence-corrected chi connectivity index (χ3v) is 5.12. The Bertz CT molecular complexity index is 860. The zero-order chi connectivity index (χ0) is 17.2. The molecule has 8 heteroatoms. The average Bonchev–Trinajstić information content (AvgIpc) is 3.34. The van der Waals surface area contributed by atoms with Crippen molar-refractivity contribution in [2.75, 3.05) is 13.1 Å². The molecule has 1 atom stereocenters. The van der Waals surface area contributed by atoms with E-state index in [0.29, 0.717) is 29.7 Å². The fraction of sp³-hybridized carbons (Fsp3) is 0.353. The van der Waals surface area contributed by atoms with Crippen LogP contribution in [0.4, 0.5) is 0 Å². The summed E-state index contributed by atoms with van der Waals surface area (Å²) in [4.78, 5) is 23.5. The summed E-state index contributed by atoms with van der Waals surface area (Å²) in [6.07, 6.45) is 5.20. The van der Waals surface area contributed by atoms with E-state index in [4.69, 9.17) is 4.42 Å². The maximum Gasteiger partial charge on any atom is 0.263 e.